The number of nitrogens with one attached hydrogen (secondary N) is 1. The monoisotopic (exact) mass is 347 g/mol. The Bertz CT molecular complexity index is 719. The Labute approximate surface area is 147 Å². The molecular weight excluding hydrogens is 326 g/mol. The minimum Gasteiger partial charge on any atom is -0.376 e. The van der Waals surface area contributed by atoms with Crippen molar-refractivity contribution in [2.75, 3.05) is 13.2 Å². The van der Waals surface area contributed by atoms with Crippen molar-refractivity contribution in [2.45, 2.75) is 39.2 Å². The molecule has 0 saturated carbocycles. The quantitative estimate of drug-likeness (QED) is 0.902. The van der Waals surface area contributed by atoms with Gasteiger partial charge in [0.25, 0.3) is 5.91 Å². The molecule has 1 aliphatic rings. The first-order valence-electron chi connectivity index (χ1n) is 8.34. The number of hydrogen-bond donors (Lipinski definition) is 1. The van der Waals surface area contributed by atoms with Gasteiger partial charge in [0, 0.05) is 18.2 Å². The van der Waals surface area contributed by atoms with Crippen LogP contribution in [-0.2, 0) is 11.2 Å². The van der Waals surface area contributed by atoms with Crippen LogP contribution >= 0.6 is 11.6 Å². The Hall–Kier alpha value is -1.85. The zero-order valence-corrected chi connectivity index (χ0v) is 14.8. The van der Waals surface area contributed by atoms with Gasteiger partial charge in [-0.15, -0.1) is 0 Å². The van der Waals surface area contributed by atoms with Gasteiger partial charge in [-0.25, -0.2) is 4.68 Å². The lowest BCUT2D eigenvalue weighted by Gasteiger charge is -2.12. The van der Waals surface area contributed by atoms with E-state index in [1.54, 1.807) is 0 Å². The number of amides is 1. The normalized spacial score (nSPS) is 17.2. The summed E-state index contributed by atoms with van der Waals surface area (Å²) in [5.74, 6) is -0.0833. The summed E-state index contributed by atoms with van der Waals surface area (Å²) in [6.07, 6.45) is 2.91. The van der Waals surface area contributed by atoms with Crippen LogP contribution in [0.1, 0.15) is 41.5 Å². The molecule has 0 spiro atoms. The molecule has 2 aromatic rings. The number of rotatable bonds is 5. The fraction of sp³-hybridized carbons (Fsp3) is 0.444. The average Bonchev–Trinajstić information content (AvgIpc) is 3.20. The summed E-state index contributed by atoms with van der Waals surface area (Å²) in [4.78, 5) is 12.7. The molecule has 128 valence electrons. The molecule has 1 amide bonds. The lowest BCUT2D eigenvalue weighted by Crippen LogP contribution is -2.32. The first-order chi connectivity index (χ1) is 11.6. The van der Waals surface area contributed by atoms with Crippen molar-refractivity contribution >= 4 is 17.5 Å². The van der Waals surface area contributed by atoms with E-state index in [-0.39, 0.29) is 12.0 Å². The van der Waals surface area contributed by atoms with E-state index in [4.69, 9.17) is 16.3 Å². The lowest BCUT2D eigenvalue weighted by atomic mass is 10.1. The molecular formula is C18H22ClN3O2. The number of hydrogen-bond acceptors (Lipinski definition) is 3. The Morgan fingerprint density at radius 2 is 2.17 bits per heavy atom. The number of aryl methyl sites for hydroxylation is 1. The highest BCUT2D eigenvalue weighted by Crippen LogP contribution is 2.21. The van der Waals surface area contributed by atoms with Crippen molar-refractivity contribution in [3.8, 4) is 5.69 Å². The number of carbonyl (C=O) groups excluding carboxylic acids is 1. The Kier molecular flexibility index (Phi) is 5.21. The molecule has 0 aliphatic carbocycles. The Morgan fingerprint density at radius 1 is 1.42 bits per heavy atom. The van der Waals surface area contributed by atoms with E-state index in [1.807, 2.05) is 42.8 Å². The van der Waals surface area contributed by atoms with Crippen molar-refractivity contribution in [1.29, 1.82) is 0 Å². The van der Waals surface area contributed by atoms with Crippen molar-refractivity contribution in [3.63, 3.8) is 0 Å². The first kappa shape index (κ1) is 17.0. The average molecular weight is 348 g/mol. The molecule has 5 nitrogen and oxygen atoms in total. The Balaban J connectivity index is 1.84. The molecule has 1 aromatic carbocycles. The van der Waals surface area contributed by atoms with E-state index < -0.39 is 0 Å². The maximum absolute atomic E-state index is 12.7. The van der Waals surface area contributed by atoms with E-state index in [1.165, 1.54) is 0 Å². The maximum atomic E-state index is 12.7. The van der Waals surface area contributed by atoms with E-state index in [0.29, 0.717) is 23.6 Å². The summed E-state index contributed by atoms with van der Waals surface area (Å²) in [6, 6.07) is 7.46. The minimum atomic E-state index is -0.0833. The molecule has 1 fully saturated rings. The highest BCUT2D eigenvalue weighted by Gasteiger charge is 2.23. The molecule has 6 heteroatoms. The van der Waals surface area contributed by atoms with Crippen LogP contribution in [0.2, 0.25) is 5.02 Å². The van der Waals surface area contributed by atoms with Crippen molar-refractivity contribution in [2.24, 2.45) is 0 Å². The van der Waals surface area contributed by atoms with Gasteiger partial charge in [-0.1, -0.05) is 18.5 Å². The molecule has 1 N–H and O–H groups in total. The predicted molar refractivity (Wildman–Crippen MR) is 94.0 cm³/mol. The second-order valence-electron chi connectivity index (χ2n) is 5.99. The highest BCUT2D eigenvalue weighted by atomic mass is 35.5. The number of aromatic nitrogens is 2. The van der Waals surface area contributed by atoms with E-state index in [0.717, 1.165) is 36.5 Å². The van der Waals surface area contributed by atoms with E-state index >= 15 is 0 Å². The number of ether oxygens (including phenoxy) is 1. The van der Waals surface area contributed by atoms with Gasteiger partial charge >= 0.3 is 0 Å². The van der Waals surface area contributed by atoms with Crippen LogP contribution in [0.3, 0.4) is 0 Å². The zero-order valence-electron chi connectivity index (χ0n) is 14.0. The third-order valence-electron chi connectivity index (χ3n) is 4.30. The second-order valence-corrected chi connectivity index (χ2v) is 6.43. The first-order valence-corrected chi connectivity index (χ1v) is 8.72. The zero-order chi connectivity index (χ0) is 17.1. The fourth-order valence-corrected chi connectivity index (χ4v) is 3.22. The van der Waals surface area contributed by atoms with Gasteiger partial charge in [0.2, 0.25) is 0 Å². The van der Waals surface area contributed by atoms with Crippen molar-refractivity contribution in [1.82, 2.24) is 15.1 Å². The topological polar surface area (TPSA) is 56.1 Å². The van der Waals surface area contributed by atoms with Crippen molar-refractivity contribution < 1.29 is 9.53 Å². The van der Waals surface area contributed by atoms with Crippen molar-refractivity contribution in [3.05, 3.63) is 46.2 Å². The van der Waals surface area contributed by atoms with Crippen LogP contribution in [0.5, 0.6) is 0 Å². The molecule has 1 atom stereocenters. The van der Waals surface area contributed by atoms with Gasteiger partial charge < -0.3 is 10.1 Å². The summed E-state index contributed by atoms with van der Waals surface area (Å²) in [5.41, 5.74) is 3.19. The number of nitrogens with zero attached hydrogens (tertiary/aromatic N) is 2. The van der Waals surface area contributed by atoms with Crippen LogP contribution in [0, 0.1) is 6.92 Å². The molecule has 1 aromatic heterocycles. The van der Waals surface area contributed by atoms with Crippen LogP contribution in [0.4, 0.5) is 0 Å². The molecule has 1 saturated heterocycles. The summed E-state index contributed by atoms with van der Waals surface area (Å²) in [5, 5.41) is 8.23. The minimum absolute atomic E-state index is 0.0833. The predicted octanol–water partition coefficient (Wildman–Crippen LogP) is 3.31. The third kappa shape index (κ3) is 3.47. The SMILES string of the molecule is CCc1c(C(=O)NCC2CCCO2)c(C)nn1-c1ccc(Cl)cc1. The molecule has 2 heterocycles. The fourth-order valence-electron chi connectivity index (χ4n) is 3.09. The lowest BCUT2D eigenvalue weighted by molar-refractivity contribution is 0.0856. The van der Waals surface area contributed by atoms with Gasteiger partial charge in [0.05, 0.1) is 28.7 Å². The van der Waals surface area contributed by atoms with Gasteiger partial charge in [-0.3, -0.25) is 4.79 Å². The molecule has 3 rings (SSSR count). The third-order valence-corrected chi connectivity index (χ3v) is 4.56. The maximum Gasteiger partial charge on any atom is 0.255 e. The molecule has 0 radical (unpaired) electrons. The van der Waals surface area contributed by atoms with Crippen LogP contribution in [0.25, 0.3) is 5.69 Å². The molecule has 0 bridgehead atoms. The number of halogens is 1. The van der Waals surface area contributed by atoms with Crippen LogP contribution in [0.15, 0.2) is 24.3 Å². The molecule has 24 heavy (non-hydrogen) atoms. The molecule has 1 aliphatic heterocycles. The van der Waals surface area contributed by atoms with E-state index in [2.05, 4.69) is 10.4 Å². The summed E-state index contributed by atoms with van der Waals surface area (Å²) in [7, 11) is 0. The standard InChI is InChI=1S/C18H22ClN3O2/c1-3-16-17(18(23)20-11-15-5-4-10-24-15)12(2)21-22(16)14-8-6-13(19)7-9-14/h6-9,15H,3-5,10-11H2,1-2H3,(H,20,23). The Morgan fingerprint density at radius 3 is 2.79 bits per heavy atom. The van der Waals surface area contributed by atoms with Crippen LogP contribution < -0.4 is 5.32 Å². The second kappa shape index (κ2) is 7.36. The van der Waals surface area contributed by atoms with Gasteiger partial charge in [-0.2, -0.15) is 5.10 Å². The van der Waals surface area contributed by atoms with Gasteiger partial charge in [0.1, 0.15) is 0 Å². The largest absolute Gasteiger partial charge is 0.376 e. The smallest absolute Gasteiger partial charge is 0.255 e. The summed E-state index contributed by atoms with van der Waals surface area (Å²) >= 11 is 5.96. The summed E-state index contributed by atoms with van der Waals surface area (Å²) in [6.45, 7) is 5.23. The number of benzene rings is 1. The molecule has 1 unspecified atom stereocenters. The van der Waals surface area contributed by atoms with E-state index in [9.17, 15) is 4.79 Å². The van der Waals surface area contributed by atoms with Crippen LogP contribution in [-0.4, -0.2) is 34.9 Å². The van der Waals surface area contributed by atoms with Gasteiger partial charge in [-0.05, 0) is 50.5 Å². The number of carbonyl (C=O) groups is 1. The summed E-state index contributed by atoms with van der Waals surface area (Å²) < 4.78 is 7.39. The highest BCUT2D eigenvalue weighted by molar-refractivity contribution is 6.30. The van der Waals surface area contributed by atoms with Gasteiger partial charge in [0.15, 0.2) is 0 Å².